The summed E-state index contributed by atoms with van der Waals surface area (Å²) in [7, 11) is 1.57. The molecule has 0 atom stereocenters. The lowest BCUT2D eigenvalue weighted by Gasteiger charge is -2.09. The lowest BCUT2D eigenvalue weighted by molar-refractivity contribution is -0.116. The van der Waals surface area contributed by atoms with E-state index in [4.69, 9.17) is 4.74 Å². The van der Waals surface area contributed by atoms with Gasteiger partial charge in [0.15, 0.2) is 0 Å². The van der Waals surface area contributed by atoms with E-state index in [0.717, 1.165) is 6.42 Å². The van der Waals surface area contributed by atoms with Crippen molar-refractivity contribution in [3.63, 3.8) is 0 Å². The van der Waals surface area contributed by atoms with E-state index in [-0.39, 0.29) is 5.91 Å². The molecule has 0 aliphatic rings. The summed E-state index contributed by atoms with van der Waals surface area (Å²) in [5, 5.41) is 2.79. The second-order valence-corrected chi connectivity index (χ2v) is 4.06. The van der Waals surface area contributed by atoms with Gasteiger partial charge in [-0.15, -0.1) is 0 Å². The summed E-state index contributed by atoms with van der Waals surface area (Å²) >= 11 is 0. The molecule has 16 heavy (non-hydrogen) atoms. The highest BCUT2D eigenvalue weighted by Gasteiger charge is 2.07. The van der Waals surface area contributed by atoms with Crippen LogP contribution in [0.1, 0.15) is 26.7 Å². The highest BCUT2D eigenvalue weighted by atomic mass is 16.5. The molecule has 1 N–H and O–H groups in total. The summed E-state index contributed by atoms with van der Waals surface area (Å²) in [6, 6.07) is 1.72. The number of ether oxygens (including phenoxy) is 1. The molecule has 0 aliphatic carbocycles. The number of aromatic nitrogens is 1. The molecule has 0 saturated carbocycles. The molecule has 1 aromatic rings. The van der Waals surface area contributed by atoms with E-state index < -0.39 is 0 Å². The van der Waals surface area contributed by atoms with Crippen molar-refractivity contribution in [3.8, 4) is 5.75 Å². The molecule has 0 fully saturated rings. The molecule has 0 radical (unpaired) electrons. The molecule has 0 aromatic carbocycles. The first-order chi connectivity index (χ1) is 7.63. The monoisotopic (exact) mass is 222 g/mol. The van der Waals surface area contributed by atoms with E-state index in [1.54, 1.807) is 25.6 Å². The summed E-state index contributed by atoms with van der Waals surface area (Å²) in [6.07, 6.45) is 4.62. The topological polar surface area (TPSA) is 51.2 Å². The van der Waals surface area contributed by atoms with Gasteiger partial charge in [0.2, 0.25) is 5.91 Å². The maximum Gasteiger partial charge on any atom is 0.224 e. The van der Waals surface area contributed by atoms with Crippen LogP contribution in [0.5, 0.6) is 5.75 Å². The van der Waals surface area contributed by atoms with Crippen LogP contribution in [0.25, 0.3) is 0 Å². The van der Waals surface area contributed by atoms with E-state index in [9.17, 15) is 4.79 Å². The Balaban J connectivity index is 2.55. The van der Waals surface area contributed by atoms with Gasteiger partial charge in [0, 0.05) is 18.7 Å². The normalized spacial score (nSPS) is 10.2. The van der Waals surface area contributed by atoms with Gasteiger partial charge in [-0.05, 0) is 12.3 Å². The fourth-order valence-electron chi connectivity index (χ4n) is 1.29. The standard InChI is InChI=1S/C12H18N2O2/c1-9(2)4-5-12(15)14-10-8-13-7-6-11(10)16-3/h6-9H,4-5H2,1-3H3,(H,14,15). The van der Waals surface area contributed by atoms with Crippen molar-refractivity contribution in [1.29, 1.82) is 0 Å². The smallest absolute Gasteiger partial charge is 0.224 e. The first-order valence-corrected chi connectivity index (χ1v) is 5.41. The lowest BCUT2D eigenvalue weighted by Crippen LogP contribution is -2.13. The predicted octanol–water partition coefficient (Wildman–Crippen LogP) is 2.46. The van der Waals surface area contributed by atoms with Crippen LogP contribution in [0.2, 0.25) is 0 Å². The first-order valence-electron chi connectivity index (χ1n) is 5.41. The number of methoxy groups -OCH3 is 1. The third-order valence-corrected chi connectivity index (χ3v) is 2.22. The number of carbonyl (C=O) groups is 1. The molecular weight excluding hydrogens is 204 g/mol. The highest BCUT2D eigenvalue weighted by Crippen LogP contribution is 2.22. The van der Waals surface area contributed by atoms with Crippen LogP contribution in [-0.2, 0) is 4.79 Å². The Morgan fingerprint density at radius 3 is 2.94 bits per heavy atom. The molecule has 4 nitrogen and oxygen atoms in total. The fourth-order valence-corrected chi connectivity index (χ4v) is 1.29. The molecule has 1 heterocycles. The SMILES string of the molecule is COc1ccncc1NC(=O)CCC(C)C. The zero-order valence-corrected chi connectivity index (χ0v) is 9.99. The molecule has 4 heteroatoms. The molecule has 0 saturated heterocycles. The second-order valence-electron chi connectivity index (χ2n) is 4.06. The van der Waals surface area contributed by atoms with Gasteiger partial charge in [-0.2, -0.15) is 0 Å². The summed E-state index contributed by atoms with van der Waals surface area (Å²) in [6.45, 7) is 4.19. The molecule has 1 amide bonds. The van der Waals surface area contributed by atoms with Gasteiger partial charge in [-0.1, -0.05) is 13.8 Å². The molecule has 0 unspecified atom stereocenters. The number of rotatable bonds is 5. The van der Waals surface area contributed by atoms with Crippen molar-refractivity contribution < 1.29 is 9.53 Å². The number of hydrogen-bond donors (Lipinski definition) is 1. The van der Waals surface area contributed by atoms with E-state index in [0.29, 0.717) is 23.8 Å². The number of carbonyl (C=O) groups excluding carboxylic acids is 1. The quantitative estimate of drug-likeness (QED) is 0.832. The van der Waals surface area contributed by atoms with E-state index in [1.807, 2.05) is 0 Å². The summed E-state index contributed by atoms with van der Waals surface area (Å²) in [4.78, 5) is 15.5. The van der Waals surface area contributed by atoms with Gasteiger partial charge >= 0.3 is 0 Å². The van der Waals surface area contributed by atoms with Crippen molar-refractivity contribution >= 4 is 11.6 Å². The Labute approximate surface area is 96.0 Å². The van der Waals surface area contributed by atoms with Gasteiger partial charge < -0.3 is 10.1 Å². The van der Waals surface area contributed by atoms with Crippen molar-refractivity contribution in [2.45, 2.75) is 26.7 Å². The minimum Gasteiger partial charge on any atom is -0.494 e. The zero-order valence-electron chi connectivity index (χ0n) is 9.99. The van der Waals surface area contributed by atoms with Crippen LogP contribution in [-0.4, -0.2) is 18.0 Å². The second kappa shape index (κ2) is 6.10. The average molecular weight is 222 g/mol. The first kappa shape index (κ1) is 12.5. The molecule has 0 spiro atoms. The highest BCUT2D eigenvalue weighted by molar-refractivity contribution is 5.91. The van der Waals surface area contributed by atoms with Gasteiger partial charge in [0.1, 0.15) is 11.4 Å². The van der Waals surface area contributed by atoms with Crippen LogP contribution in [0, 0.1) is 5.92 Å². The predicted molar refractivity (Wildman–Crippen MR) is 63.5 cm³/mol. The maximum absolute atomic E-state index is 11.6. The molecule has 88 valence electrons. The van der Waals surface area contributed by atoms with Crippen molar-refractivity contribution in [1.82, 2.24) is 4.98 Å². The summed E-state index contributed by atoms with van der Waals surface area (Å²) < 4.78 is 5.12. The third-order valence-electron chi connectivity index (χ3n) is 2.22. The number of amides is 1. The van der Waals surface area contributed by atoms with Crippen molar-refractivity contribution in [3.05, 3.63) is 18.5 Å². The Hall–Kier alpha value is -1.58. The maximum atomic E-state index is 11.6. The Morgan fingerprint density at radius 2 is 2.31 bits per heavy atom. The Morgan fingerprint density at radius 1 is 1.56 bits per heavy atom. The van der Waals surface area contributed by atoms with Gasteiger partial charge in [0.05, 0.1) is 13.3 Å². The zero-order chi connectivity index (χ0) is 12.0. The van der Waals surface area contributed by atoms with E-state index >= 15 is 0 Å². The molecule has 0 aliphatic heterocycles. The Bertz CT molecular complexity index is 351. The van der Waals surface area contributed by atoms with Crippen molar-refractivity contribution in [2.75, 3.05) is 12.4 Å². The lowest BCUT2D eigenvalue weighted by atomic mass is 10.1. The minimum absolute atomic E-state index is 0.000000000000000222. The fraction of sp³-hybridized carbons (Fsp3) is 0.500. The average Bonchev–Trinajstić information content (AvgIpc) is 2.27. The van der Waals surface area contributed by atoms with Gasteiger partial charge in [-0.25, -0.2) is 0 Å². The van der Waals surface area contributed by atoms with Crippen LogP contribution >= 0.6 is 0 Å². The molecule has 0 bridgehead atoms. The van der Waals surface area contributed by atoms with E-state index in [1.165, 1.54) is 0 Å². The Kier molecular flexibility index (Phi) is 4.76. The van der Waals surface area contributed by atoms with E-state index in [2.05, 4.69) is 24.1 Å². The van der Waals surface area contributed by atoms with Crippen molar-refractivity contribution in [2.24, 2.45) is 5.92 Å². The number of anilines is 1. The van der Waals surface area contributed by atoms with Crippen LogP contribution in [0.4, 0.5) is 5.69 Å². The van der Waals surface area contributed by atoms with Gasteiger partial charge in [0.25, 0.3) is 0 Å². The number of nitrogens with zero attached hydrogens (tertiary/aromatic N) is 1. The molecular formula is C12H18N2O2. The number of pyridine rings is 1. The van der Waals surface area contributed by atoms with Crippen LogP contribution in [0.3, 0.4) is 0 Å². The number of nitrogens with one attached hydrogen (secondary N) is 1. The minimum atomic E-state index is 0.000000000000000222. The number of hydrogen-bond acceptors (Lipinski definition) is 3. The third kappa shape index (κ3) is 3.88. The summed E-state index contributed by atoms with van der Waals surface area (Å²) in [5.41, 5.74) is 0.624. The molecule has 1 rings (SSSR count). The van der Waals surface area contributed by atoms with Crippen LogP contribution in [0.15, 0.2) is 18.5 Å². The molecule has 1 aromatic heterocycles. The van der Waals surface area contributed by atoms with Gasteiger partial charge in [-0.3, -0.25) is 9.78 Å². The largest absolute Gasteiger partial charge is 0.494 e. The summed E-state index contributed by atoms with van der Waals surface area (Å²) in [5.74, 6) is 1.16. The van der Waals surface area contributed by atoms with Crippen LogP contribution < -0.4 is 10.1 Å².